The first-order valence-electron chi connectivity index (χ1n) is 3.39. The molecule has 0 fully saturated rings. The van der Waals surface area contributed by atoms with Crippen LogP contribution >= 0.6 is 34.8 Å². The standard InChI is InChI=1S/C8H6Cl3NO/c9-5-3-4(1-2-6(5)12)7(13)8(10)11/h1-3,8H,12H2. The van der Waals surface area contributed by atoms with Crippen molar-refractivity contribution in [2.45, 2.75) is 4.84 Å². The van der Waals surface area contributed by atoms with Crippen molar-refractivity contribution >= 4 is 46.3 Å². The molecule has 1 aromatic rings. The zero-order valence-electron chi connectivity index (χ0n) is 6.43. The number of carbonyl (C=O) groups excluding carboxylic acids is 1. The number of nitrogens with two attached hydrogens (primary N) is 1. The lowest BCUT2D eigenvalue weighted by atomic mass is 10.1. The number of ketones is 1. The van der Waals surface area contributed by atoms with Gasteiger partial charge in [-0.15, -0.1) is 0 Å². The van der Waals surface area contributed by atoms with E-state index in [4.69, 9.17) is 40.5 Å². The molecule has 0 atom stereocenters. The number of alkyl halides is 2. The molecule has 0 aliphatic heterocycles. The van der Waals surface area contributed by atoms with Crippen LogP contribution in [0.4, 0.5) is 5.69 Å². The van der Waals surface area contributed by atoms with Gasteiger partial charge < -0.3 is 5.73 Å². The number of hydrogen-bond donors (Lipinski definition) is 1. The van der Waals surface area contributed by atoms with Crippen LogP contribution in [0.3, 0.4) is 0 Å². The topological polar surface area (TPSA) is 43.1 Å². The largest absolute Gasteiger partial charge is 0.398 e. The van der Waals surface area contributed by atoms with Gasteiger partial charge in [0.25, 0.3) is 0 Å². The van der Waals surface area contributed by atoms with Crippen molar-refractivity contribution in [2.75, 3.05) is 5.73 Å². The average molecular weight is 239 g/mol. The molecule has 13 heavy (non-hydrogen) atoms. The summed E-state index contributed by atoms with van der Waals surface area (Å²) in [4.78, 5) is 10.2. The van der Waals surface area contributed by atoms with Gasteiger partial charge in [0.15, 0.2) is 10.6 Å². The number of nitrogen functional groups attached to an aromatic ring is 1. The zero-order valence-corrected chi connectivity index (χ0v) is 8.70. The highest BCUT2D eigenvalue weighted by atomic mass is 35.5. The van der Waals surface area contributed by atoms with Crippen LogP contribution in [0.15, 0.2) is 18.2 Å². The minimum absolute atomic E-state index is 0.319. The molecule has 0 spiro atoms. The van der Waals surface area contributed by atoms with E-state index in [0.717, 1.165) is 0 Å². The summed E-state index contributed by atoms with van der Waals surface area (Å²) in [5, 5.41) is 0.319. The van der Waals surface area contributed by atoms with Crippen molar-refractivity contribution in [2.24, 2.45) is 0 Å². The minimum Gasteiger partial charge on any atom is -0.398 e. The molecule has 0 heterocycles. The maximum absolute atomic E-state index is 11.2. The Balaban J connectivity index is 3.04. The third-order valence-electron chi connectivity index (χ3n) is 1.48. The summed E-state index contributed by atoms with van der Waals surface area (Å²) >= 11 is 16.5. The molecule has 0 amide bonds. The average Bonchev–Trinajstić information content (AvgIpc) is 2.08. The van der Waals surface area contributed by atoms with E-state index in [9.17, 15) is 4.79 Å². The van der Waals surface area contributed by atoms with Crippen LogP contribution in [0.25, 0.3) is 0 Å². The second-order valence-electron chi connectivity index (χ2n) is 2.40. The van der Waals surface area contributed by atoms with Crippen molar-refractivity contribution in [3.63, 3.8) is 0 Å². The maximum Gasteiger partial charge on any atom is 0.195 e. The van der Waals surface area contributed by atoms with Crippen LogP contribution in [0.1, 0.15) is 10.4 Å². The molecular weight excluding hydrogens is 232 g/mol. The lowest BCUT2D eigenvalue weighted by Gasteiger charge is -2.03. The number of carbonyl (C=O) groups is 1. The fourth-order valence-electron chi connectivity index (χ4n) is 0.806. The first kappa shape index (κ1) is 10.6. The molecule has 0 bridgehead atoms. The summed E-state index contributed by atoms with van der Waals surface area (Å²) in [6, 6.07) is 4.50. The molecule has 0 unspecified atom stereocenters. The molecule has 0 aliphatic rings. The fourth-order valence-corrected chi connectivity index (χ4v) is 1.24. The Bertz CT molecular complexity index is 338. The van der Waals surface area contributed by atoms with E-state index >= 15 is 0 Å². The summed E-state index contributed by atoms with van der Waals surface area (Å²) in [6.07, 6.45) is 0. The molecule has 5 heteroatoms. The van der Waals surface area contributed by atoms with E-state index in [1.165, 1.54) is 18.2 Å². The van der Waals surface area contributed by atoms with Crippen LogP contribution in [0.5, 0.6) is 0 Å². The summed E-state index contributed by atoms with van der Waals surface area (Å²) in [7, 11) is 0. The van der Waals surface area contributed by atoms with Gasteiger partial charge >= 0.3 is 0 Å². The van der Waals surface area contributed by atoms with Gasteiger partial charge in [-0.05, 0) is 18.2 Å². The Kier molecular flexibility index (Phi) is 3.42. The summed E-state index contributed by atoms with van der Waals surface area (Å²) in [6.45, 7) is 0. The van der Waals surface area contributed by atoms with E-state index in [-0.39, 0.29) is 5.78 Å². The number of benzene rings is 1. The highest BCUT2D eigenvalue weighted by molar-refractivity contribution is 6.55. The molecule has 0 saturated carbocycles. The van der Waals surface area contributed by atoms with E-state index in [1.54, 1.807) is 0 Å². The lowest BCUT2D eigenvalue weighted by Crippen LogP contribution is -2.08. The van der Waals surface area contributed by atoms with Crippen LogP contribution in [-0.4, -0.2) is 10.6 Å². The number of Topliss-reactive ketones (excluding diaryl/α,β-unsaturated/α-hetero) is 1. The molecule has 0 radical (unpaired) electrons. The van der Waals surface area contributed by atoms with Crippen molar-refractivity contribution in [1.29, 1.82) is 0 Å². The summed E-state index contributed by atoms with van der Waals surface area (Å²) in [5.41, 5.74) is 6.23. The number of anilines is 1. The van der Waals surface area contributed by atoms with Gasteiger partial charge in [-0.1, -0.05) is 34.8 Å². The zero-order chi connectivity index (χ0) is 10.0. The molecule has 0 aliphatic carbocycles. The molecule has 2 nitrogen and oxygen atoms in total. The fraction of sp³-hybridized carbons (Fsp3) is 0.125. The van der Waals surface area contributed by atoms with Gasteiger partial charge in [0.2, 0.25) is 0 Å². The Hall–Kier alpha value is -0.440. The van der Waals surface area contributed by atoms with Crippen LogP contribution in [-0.2, 0) is 0 Å². The van der Waals surface area contributed by atoms with Crippen LogP contribution in [0, 0.1) is 0 Å². The van der Waals surface area contributed by atoms with Crippen molar-refractivity contribution < 1.29 is 4.79 Å². The first-order valence-corrected chi connectivity index (χ1v) is 4.65. The van der Waals surface area contributed by atoms with E-state index in [2.05, 4.69) is 0 Å². The number of halogens is 3. The third kappa shape index (κ3) is 2.50. The normalized spacial score (nSPS) is 10.5. The lowest BCUT2D eigenvalue weighted by molar-refractivity contribution is 0.101. The number of hydrogen-bond acceptors (Lipinski definition) is 2. The first-order chi connectivity index (χ1) is 6.02. The monoisotopic (exact) mass is 237 g/mol. The SMILES string of the molecule is Nc1ccc(C(=O)C(Cl)Cl)cc1Cl. The van der Waals surface area contributed by atoms with Gasteiger partial charge in [0, 0.05) is 5.56 Å². The third-order valence-corrected chi connectivity index (χ3v) is 2.21. The Labute approximate surface area is 90.6 Å². The van der Waals surface area contributed by atoms with Gasteiger partial charge in [-0.3, -0.25) is 4.79 Å². The molecular formula is C8H6Cl3NO. The maximum atomic E-state index is 11.2. The second kappa shape index (κ2) is 4.18. The molecule has 0 saturated heterocycles. The Morgan fingerprint density at radius 2 is 2.00 bits per heavy atom. The Morgan fingerprint density at radius 3 is 2.46 bits per heavy atom. The second-order valence-corrected chi connectivity index (χ2v) is 3.90. The van der Waals surface area contributed by atoms with Gasteiger partial charge in [0.1, 0.15) is 0 Å². The highest BCUT2D eigenvalue weighted by Crippen LogP contribution is 2.21. The molecule has 0 aromatic heterocycles. The summed E-state index contributed by atoms with van der Waals surface area (Å²) in [5.74, 6) is -0.384. The van der Waals surface area contributed by atoms with Crippen molar-refractivity contribution in [3.8, 4) is 0 Å². The van der Waals surface area contributed by atoms with Crippen molar-refractivity contribution in [1.82, 2.24) is 0 Å². The van der Waals surface area contributed by atoms with Crippen molar-refractivity contribution in [3.05, 3.63) is 28.8 Å². The molecule has 2 N–H and O–H groups in total. The Morgan fingerprint density at radius 1 is 1.38 bits per heavy atom. The van der Waals surface area contributed by atoms with Gasteiger partial charge in [-0.25, -0.2) is 0 Å². The van der Waals surface area contributed by atoms with Crippen LogP contribution in [0.2, 0.25) is 5.02 Å². The molecule has 1 aromatic carbocycles. The predicted molar refractivity (Wildman–Crippen MR) is 55.7 cm³/mol. The van der Waals surface area contributed by atoms with Gasteiger partial charge in [-0.2, -0.15) is 0 Å². The number of rotatable bonds is 2. The smallest absolute Gasteiger partial charge is 0.195 e. The van der Waals surface area contributed by atoms with E-state index in [0.29, 0.717) is 16.3 Å². The van der Waals surface area contributed by atoms with Gasteiger partial charge in [0.05, 0.1) is 10.7 Å². The van der Waals surface area contributed by atoms with Crippen LogP contribution < -0.4 is 5.73 Å². The highest BCUT2D eigenvalue weighted by Gasteiger charge is 2.14. The minimum atomic E-state index is -1.07. The van der Waals surface area contributed by atoms with E-state index in [1.807, 2.05) is 0 Å². The molecule has 1 rings (SSSR count). The molecule has 70 valence electrons. The summed E-state index contributed by atoms with van der Waals surface area (Å²) < 4.78 is 0. The predicted octanol–water partition coefficient (Wildman–Crippen LogP) is 2.91. The quantitative estimate of drug-likeness (QED) is 0.489. The van der Waals surface area contributed by atoms with E-state index < -0.39 is 4.84 Å².